The van der Waals surface area contributed by atoms with E-state index in [1.54, 1.807) is 6.20 Å². The van der Waals surface area contributed by atoms with Gasteiger partial charge in [0.05, 0.1) is 18.7 Å². The second-order valence-corrected chi connectivity index (χ2v) is 5.31. The number of amides is 1. The Morgan fingerprint density at radius 3 is 3.11 bits per heavy atom. The maximum absolute atomic E-state index is 11.6. The van der Waals surface area contributed by atoms with E-state index in [4.69, 9.17) is 5.11 Å². The summed E-state index contributed by atoms with van der Waals surface area (Å²) >= 11 is 1.50. The molecule has 0 saturated carbocycles. The maximum Gasteiger partial charge on any atom is 0.226 e. The topological polar surface area (TPSA) is 86.9 Å². The van der Waals surface area contributed by atoms with Crippen LogP contribution in [0.5, 0.6) is 0 Å². The molecule has 0 aromatic carbocycles. The Bertz CT molecular complexity index is 518. The fraction of sp³-hybridized carbons (Fsp3) is 0.455. The van der Waals surface area contributed by atoms with Gasteiger partial charge in [0.1, 0.15) is 5.60 Å². The van der Waals surface area contributed by atoms with Crippen LogP contribution in [0, 0.1) is 0 Å². The molecule has 1 unspecified atom stereocenters. The zero-order valence-corrected chi connectivity index (χ0v) is 10.8. The summed E-state index contributed by atoms with van der Waals surface area (Å²) < 4.78 is 1.86. The number of nitrogens with one attached hydrogen (secondary N) is 1. The van der Waals surface area contributed by atoms with E-state index in [9.17, 15) is 9.90 Å². The van der Waals surface area contributed by atoms with Crippen molar-refractivity contribution < 1.29 is 15.0 Å². The lowest BCUT2D eigenvalue weighted by Gasteiger charge is -2.20. The summed E-state index contributed by atoms with van der Waals surface area (Å²) in [7, 11) is 0. The first kappa shape index (κ1) is 13.0. The summed E-state index contributed by atoms with van der Waals surface area (Å²) in [5.41, 5.74) is -0.604. The summed E-state index contributed by atoms with van der Waals surface area (Å²) in [4.78, 5) is 16.8. The molecule has 0 aliphatic heterocycles. The molecule has 0 radical (unpaired) electrons. The molecule has 18 heavy (non-hydrogen) atoms. The van der Waals surface area contributed by atoms with Gasteiger partial charge in [0, 0.05) is 24.3 Å². The van der Waals surface area contributed by atoms with Crippen LogP contribution in [0.1, 0.15) is 12.6 Å². The predicted molar refractivity (Wildman–Crippen MR) is 67.5 cm³/mol. The van der Waals surface area contributed by atoms with Gasteiger partial charge in [-0.2, -0.15) is 0 Å². The number of carbonyl (C=O) groups is 1. The zero-order chi connectivity index (χ0) is 13.2. The highest BCUT2D eigenvalue weighted by atomic mass is 32.1. The Morgan fingerprint density at radius 1 is 1.67 bits per heavy atom. The molecule has 6 nitrogen and oxygen atoms in total. The highest BCUT2D eigenvalue weighted by molar-refractivity contribution is 7.15. The zero-order valence-electron chi connectivity index (χ0n) is 9.96. The predicted octanol–water partition coefficient (Wildman–Crippen LogP) is -0.202. The fourth-order valence-electron chi connectivity index (χ4n) is 1.43. The van der Waals surface area contributed by atoms with E-state index < -0.39 is 12.2 Å². The lowest BCUT2D eigenvalue weighted by atomic mass is 10.1. The SMILES string of the molecule is CC(O)(CO)CNC(=O)Cc1cn2ccsc2n1. The third kappa shape index (κ3) is 3.06. The molecule has 1 amide bonds. The quantitative estimate of drug-likeness (QED) is 0.701. The summed E-state index contributed by atoms with van der Waals surface area (Å²) in [6.07, 6.45) is 3.84. The van der Waals surface area contributed by atoms with Crippen molar-refractivity contribution in [1.82, 2.24) is 14.7 Å². The van der Waals surface area contributed by atoms with E-state index in [2.05, 4.69) is 10.3 Å². The van der Waals surface area contributed by atoms with E-state index in [-0.39, 0.29) is 18.9 Å². The molecular formula is C11H15N3O3S. The third-order valence-electron chi connectivity index (χ3n) is 2.49. The van der Waals surface area contributed by atoms with Gasteiger partial charge in [-0.15, -0.1) is 11.3 Å². The number of nitrogens with zero attached hydrogens (tertiary/aromatic N) is 2. The van der Waals surface area contributed by atoms with Crippen LogP contribution in [0.4, 0.5) is 0 Å². The number of aromatic nitrogens is 2. The first-order valence-corrected chi connectivity index (χ1v) is 6.39. The Hall–Kier alpha value is -1.44. The second kappa shape index (κ2) is 5.05. The molecule has 0 spiro atoms. The number of hydrogen-bond acceptors (Lipinski definition) is 5. The summed E-state index contributed by atoms with van der Waals surface area (Å²) in [6, 6.07) is 0. The van der Waals surface area contributed by atoms with Crippen LogP contribution in [0.2, 0.25) is 0 Å². The van der Waals surface area contributed by atoms with Crippen molar-refractivity contribution in [3.63, 3.8) is 0 Å². The number of carbonyl (C=O) groups excluding carboxylic acids is 1. The molecule has 2 rings (SSSR count). The molecule has 2 aromatic rings. The summed E-state index contributed by atoms with van der Waals surface area (Å²) in [5, 5.41) is 22.9. The summed E-state index contributed by atoms with van der Waals surface area (Å²) in [6.45, 7) is 1.08. The van der Waals surface area contributed by atoms with Crippen LogP contribution in [-0.4, -0.2) is 44.3 Å². The third-order valence-corrected chi connectivity index (χ3v) is 3.26. The van der Waals surface area contributed by atoms with Crippen LogP contribution < -0.4 is 5.32 Å². The van der Waals surface area contributed by atoms with Crippen LogP contribution in [-0.2, 0) is 11.2 Å². The van der Waals surface area contributed by atoms with Gasteiger partial charge < -0.3 is 15.5 Å². The molecule has 1 atom stereocenters. The molecule has 0 fully saturated rings. The number of rotatable bonds is 5. The number of aliphatic hydroxyl groups excluding tert-OH is 1. The second-order valence-electron chi connectivity index (χ2n) is 4.43. The molecule has 2 aromatic heterocycles. The van der Waals surface area contributed by atoms with Gasteiger partial charge in [0.15, 0.2) is 4.96 Å². The normalized spacial score (nSPS) is 14.6. The number of thiazole rings is 1. The van der Waals surface area contributed by atoms with Crippen LogP contribution in [0.15, 0.2) is 17.8 Å². The van der Waals surface area contributed by atoms with E-state index >= 15 is 0 Å². The Balaban J connectivity index is 1.90. The van der Waals surface area contributed by atoms with Gasteiger partial charge in [-0.1, -0.05) is 0 Å². The van der Waals surface area contributed by atoms with Crippen molar-refractivity contribution in [2.45, 2.75) is 18.9 Å². The number of imidazole rings is 1. The average Bonchev–Trinajstić information content (AvgIpc) is 2.87. The van der Waals surface area contributed by atoms with Gasteiger partial charge in [-0.05, 0) is 6.92 Å². The molecule has 0 aliphatic carbocycles. The molecule has 7 heteroatoms. The molecule has 0 saturated heterocycles. The minimum atomic E-state index is -1.29. The molecule has 98 valence electrons. The Morgan fingerprint density at radius 2 is 2.44 bits per heavy atom. The average molecular weight is 269 g/mol. The van der Waals surface area contributed by atoms with Gasteiger partial charge in [-0.3, -0.25) is 9.20 Å². The Labute approximate surface area is 108 Å². The molecule has 2 heterocycles. The van der Waals surface area contributed by atoms with E-state index in [0.717, 1.165) is 4.96 Å². The lowest BCUT2D eigenvalue weighted by Crippen LogP contribution is -2.43. The van der Waals surface area contributed by atoms with Crippen molar-refractivity contribution in [3.8, 4) is 0 Å². The number of hydrogen-bond donors (Lipinski definition) is 3. The lowest BCUT2D eigenvalue weighted by molar-refractivity contribution is -0.122. The van der Waals surface area contributed by atoms with Crippen LogP contribution >= 0.6 is 11.3 Å². The van der Waals surface area contributed by atoms with Crippen LogP contribution in [0.25, 0.3) is 4.96 Å². The van der Waals surface area contributed by atoms with Gasteiger partial charge in [0.2, 0.25) is 5.91 Å². The van der Waals surface area contributed by atoms with Crippen molar-refractivity contribution >= 4 is 22.2 Å². The smallest absolute Gasteiger partial charge is 0.226 e. The standard InChI is InChI=1S/C11H15N3O3S/c1-11(17,7-15)6-12-9(16)4-8-5-14-2-3-18-10(14)13-8/h2-3,5,15,17H,4,6-7H2,1H3,(H,12,16). The van der Waals surface area contributed by atoms with Crippen molar-refractivity contribution in [2.24, 2.45) is 0 Å². The highest BCUT2D eigenvalue weighted by Gasteiger charge is 2.20. The molecule has 0 bridgehead atoms. The molecule has 3 N–H and O–H groups in total. The highest BCUT2D eigenvalue weighted by Crippen LogP contribution is 2.11. The van der Waals surface area contributed by atoms with Crippen molar-refractivity contribution in [1.29, 1.82) is 0 Å². The molecule has 0 aliphatic rings. The summed E-state index contributed by atoms with van der Waals surface area (Å²) in [5.74, 6) is -0.227. The maximum atomic E-state index is 11.6. The van der Waals surface area contributed by atoms with E-state index in [1.165, 1.54) is 18.3 Å². The largest absolute Gasteiger partial charge is 0.393 e. The monoisotopic (exact) mass is 269 g/mol. The van der Waals surface area contributed by atoms with Gasteiger partial charge >= 0.3 is 0 Å². The van der Waals surface area contributed by atoms with Crippen molar-refractivity contribution in [3.05, 3.63) is 23.5 Å². The fourth-order valence-corrected chi connectivity index (χ4v) is 2.15. The van der Waals surface area contributed by atoms with Gasteiger partial charge in [0.25, 0.3) is 0 Å². The molecular weight excluding hydrogens is 254 g/mol. The van der Waals surface area contributed by atoms with Gasteiger partial charge in [-0.25, -0.2) is 4.98 Å². The van der Waals surface area contributed by atoms with Crippen molar-refractivity contribution in [2.75, 3.05) is 13.2 Å². The van der Waals surface area contributed by atoms with E-state index in [1.807, 2.05) is 16.0 Å². The minimum Gasteiger partial charge on any atom is -0.393 e. The first-order valence-electron chi connectivity index (χ1n) is 5.51. The first-order chi connectivity index (χ1) is 8.50. The Kier molecular flexibility index (Phi) is 3.65. The number of fused-ring (bicyclic) bond motifs is 1. The minimum absolute atomic E-state index is 0.0184. The van der Waals surface area contributed by atoms with Crippen LogP contribution in [0.3, 0.4) is 0 Å². The number of aliphatic hydroxyl groups is 2. The van der Waals surface area contributed by atoms with E-state index in [0.29, 0.717) is 5.69 Å².